The smallest absolute Gasteiger partial charge is 0.272 e. The zero-order valence-corrected chi connectivity index (χ0v) is 17.1. The van der Waals surface area contributed by atoms with E-state index in [-0.39, 0.29) is 17.3 Å². The highest BCUT2D eigenvalue weighted by Gasteiger charge is 2.28. The Balaban J connectivity index is 1.96. The number of carbonyl (C=O) groups excluding carboxylic acids is 1. The number of amides is 1. The number of halogens is 1. The third-order valence-electron chi connectivity index (χ3n) is 4.79. The van der Waals surface area contributed by atoms with Crippen LogP contribution in [0, 0.1) is 23.2 Å². The van der Waals surface area contributed by atoms with Crippen LogP contribution in [0.25, 0.3) is 0 Å². The van der Waals surface area contributed by atoms with Gasteiger partial charge >= 0.3 is 0 Å². The molecule has 0 radical (unpaired) electrons. The molecule has 2 unspecified atom stereocenters. The number of hydrogen-bond donors (Lipinski definition) is 2. The molecule has 9 heteroatoms. The number of aromatic nitrogens is 2. The number of aryl methyl sites for hydroxylation is 1. The molecule has 1 aliphatic heterocycles. The molecule has 3 rings (SSSR count). The van der Waals surface area contributed by atoms with Crippen molar-refractivity contribution in [3.8, 4) is 6.07 Å². The first kappa shape index (κ1) is 20.2. The van der Waals surface area contributed by atoms with E-state index in [9.17, 15) is 9.18 Å². The van der Waals surface area contributed by atoms with Crippen molar-refractivity contribution < 1.29 is 9.18 Å². The number of rotatable bonds is 3. The van der Waals surface area contributed by atoms with Gasteiger partial charge in [0, 0.05) is 49.0 Å². The summed E-state index contributed by atoms with van der Waals surface area (Å²) in [4.78, 5) is 17.5. The predicted octanol–water partition coefficient (Wildman–Crippen LogP) is 2.95. The summed E-state index contributed by atoms with van der Waals surface area (Å²) in [6, 6.07) is 4.55. The van der Waals surface area contributed by atoms with Gasteiger partial charge in [-0.25, -0.2) is 14.1 Å². The first-order chi connectivity index (χ1) is 13.3. The zero-order chi connectivity index (χ0) is 20.4. The summed E-state index contributed by atoms with van der Waals surface area (Å²) in [7, 11) is 3.10. The number of nitriles is 1. The van der Waals surface area contributed by atoms with E-state index in [1.165, 1.54) is 6.07 Å². The monoisotopic (exact) mass is 402 g/mol. The van der Waals surface area contributed by atoms with Crippen molar-refractivity contribution in [3.63, 3.8) is 0 Å². The second-order valence-corrected chi connectivity index (χ2v) is 8.65. The number of pyridine rings is 1. The molecule has 0 saturated carbocycles. The van der Waals surface area contributed by atoms with Crippen molar-refractivity contribution in [1.82, 2.24) is 14.3 Å². The molecule has 0 saturated heterocycles. The molecule has 2 aromatic rings. The maximum atomic E-state index is 13.6. The molecule has 3 heterocycles. The van der Waals surface area contributed by atoms with Crippen LogP contribution in [0.2, 0.25) is 0 Å². The van der Waals surface area contributed by atoms with Gasteiger partial charge in [-0.15, -0.1) is 0 Å². The highest BCUT2D eigenvalue weighted by molar-refractivity contribution is 7.85. The number of carbonyl (C=O) groups is 1. The van der Waals surface area contributed by atoms with Crippen molar-refractivity contribution >= 4 is 22.5 Å². The number of anilines is 1. The standard InChI is InChI=1S/C19H23FN6OS/c1-11(2)15-6-5-14-16(28(22-3)25-15)10-26(4)18(14)19(27)24-12-7-13(9-21)23-17(20)8-12/h7-8,10-11,15H,5-6H2,1-4H3,(H,22,25)(H,23,24,27). The predicted molar refractivity (Wildman–Crippen MR) is 106 cm³/mol. The van der Waals surface area contributed by atoms with E-state index in [4.69, 9.17) is 5.26 Å². The Bertz CT molecular complexity index is 991. The molecule has 2 N–H and O–H groups in total. The quantitative estimate of drug-likeness (QED) is 0.772. The molecular weight excluding hydrogens is 379 g/mol. The fourth-order valence-corrected chi connectivity index (χ4v) is 5.15. The lowest BCUT2D eigenvalue weighted by Crippen LogP contribution is -2.33. The Morgan fingerprint density at radius 2 is 2.29 bits per heavy atom. The van der Waals surface area contributed by atoms with Gasteiger partial charge in [-0.3, -0.25) is 4.79 Å². The lowest BCUT2D eigenvalue weighted by molar-refractivity contribution is 0.101. The van der Waals surface area contributed by atoms with Crippen LogP contribution in [0.4, 0.5) is 10.1 Å². The number of hydrogen-bond acceptors (Lipinski definition) is 4. The van der Waals surface area contributed by atoms with Gasteiger partial charge in [0.05, 0.1) is 4.90 Å². The average Bonchev–Trinajstić information content (AvgIpc) is 2.86. The second-order valence-electron chi connectivity index (χ2n) is 7.04. The summed E-state index contributed by atoms with van der Waals surface area (Å²) >= 11 is 0. The Morgan fingerprint density at radius 3 is 2.93 bits per heavy atom. The summed E-state index contributed by atoms with van der Waals surface area (Å²) in [5, 5.41) is 11.7. The Morgan fingerprint density at radius 1 is 1.54 bits per heavy atom. The van der Waals surface area contributed by atoms with Crippen molar-refractivity contribution in [2.45, 2.75) is 37.6 Å². The van der Waals surface area contributed by atoms with Crippen molar-refractivity contribution in [2.24, 2.45) is 17.3 Å². The molecule has 0 fully saturated rings. The summed E-state index contributed by atoms with van der Waals surface area (Å²) < 4.78 is 23.5. The van der Waals surface area contributed by atoms with Crippen LogP contribution < -0.4 is 10.0 Å². The second kappa shape index (κ2) is 8.20. The topological polar surface area (TPSA) is 95.1 Å². The maximum Gasteiger partial charge on any atom is 0.272 e. The molecule has 0 spiro atoms. The van der Waals surface area contributed by atoms with Gasteiger partial charge in [0.25, 0.3) is 5.91 Å². The van der Waals surface area contributed by atoms with Crippen LogP contribution in [0.5, 0.6) is 0 Å². The summed E-state index contributed by atoms with van der Waals surface area (Å²) in [6.45, 7) is 4.34. The summed E-state index contributed by atoms with van der Waals surface area (Å²) in [5.41, 5.74) is 1.60. The third kappa shape index (κ3) is 3.98. The number of nitrogens with one attached hydrogen (secondary N) is 2. The van der Waals surface area contributed by atoms with Gasteiger partial charge in [-0.2, -0.15) is 9.65 Å². The van der Waals surface area contributed by atoms with Crippen LogP contribution >= 0.6 is 0 Å². The van der Waals surface area contributed by atoms with Crippen LogP contribution in [-0.2, 0) is 24.3 Å². The highest BCUT2D eigenvalue weighted by atomic mass is 32.2. The van der Waals surface area contributed by atoms with Gasteiger partial charge in [0.2, 0.25) is 5.95 Å². The van der Waals surface area contributed by atoms with Crippen molar-refractivity contribution in [2.75, 3.05) is 12.4 Å². The van der Waals surface area contributed by atoms with E-state index >= 15 is 0 Å². The highest BCUT2D eigenvalue weighted by Crippen LogP contribution is 2.28. The Hall–Kier alpha value is -2.57. The average molecular weight is 402 g/mol. The van der Waals surface area contributed by atoms with E-state index in [0.29, 0.717) is 17.7 Å². The largest absolute Gasteiger partial charge is 0.345 e. The van der Waals surface area contributed by atoms with Gasteiger partial charge < -0.3 is 9.88 Å². The first-order valence-corrected chi connectivity index (χ1v) is 10.2. The van der Waals surface area contributed by atoms with E-state index in [1.54, 1.807) is 17.7 Å². The molecule has 0 aliphatic carbocycles. The molecule has 1 amide bonds. The normalized spacial score (nSPS) is 19.2. The van der Waals surface area contributed by atoms with Gasteiger partial charge in [0.1, 0.15) is 17.5 Å². The van der Waals surface area contributed by atoms with E-state index < -0.39 is 16.8 Å². The van der Waals surface area contributed by atoms with Crippen molar-refractivity contribution in [3.05, 3.63) is 41.2 Å². The number of nitrogens with zero attached hydrogens (tertiary/aromatic N) is 4. The molecule has 2 atom stereocenters. The Labute approximate surface area is 166 Å². The molecule has 0 aromatic carbocycles. The summed E-state index contributed by atoms with van der Waals surface area (Å²) in [5.74, 6) is -0.702. The molecular formula is C19H23FN6OS. The van der Waals surface area contributed by atoms with Crippen molar-refractivity contribution in [1.29, 1.82) is 5.26 Å². The first-order valence-electron chi connectivity index (χ1n) is 9.01. The van der Waals surface area contributed by atoms with Crippen LogP contribution in [0.1, 0.15) is 42.0 Å². The Kier molecular flexibility index (Phi) is 5.91. The van der Waals surface area contributed by atoms with E-state index in [0.717, 1.165) is 29.4 Å². The van der Waals surface area contributed by atoms with Crippen LogP contribution in [0.15, 0.2) is 27.6 Å². The minimum absolute atomic E-state index is 0.0867. The lowest BCUT2D eigenvalue weighted by atomic mass is 9.97. The molecule has 1 aliphatic rings. The fraction of sp³-hybridized carbons (Fsp3) is 0.421. The van der Waals surface area contributed by atoms with Gasteiger partial charge in [-0.1, -0.05) is 13.8 Å². The van der Waals surface area contributed by atoms with Gasteiger partial charge in [0.15, 0.2) is 0 Å². The fourth-order valence-electron chi connectivity index (χ4n) is 3.36. The van der Waals surface area contributed by atoms with Crippen LogP contribution in [-0.4, -0.2) is 28.5 Å². The zero-order valence-electron chi connectivity index (χ0n) is 16.3. The molecule has 0 bridgehead atoms. The van der Waals surface area contributed by atoms with Gasteiger partial charge in [-0.05, 0) is 30.4 Å². The molecule has 2 aromatic heterocycles. The van der Waals surface area contributed by atoms with E-state index in [1.807, 2.05) is 13.2 Å². The number of fused-ring (bicyclic) bond motifs is 1. The maximum absolute atomic E-state index is 13.6. The lowest BCUT2D eigenvalue weighted by Gasteiger charge is -2.20. The minimum atomic E-state index is -0.810. The molecule has 28 heavy (non-hydrogen) atoms. The minimum Gasteiger partial charge on any atom is -0.345 e. The molecule has 7 nitrogen and oxygen atoms in total. The SMILES string of the molecule is CN=S1NC(C(C)C)CCc2c1cn(C)c2C(=O)Nc1cc(F)nc(C#N)c1. The van der Waals surface area contributed by atoms with Crippen LogP contribution in [0.3, 0.4) is 0 Å². The van der Waals surface area contributed by atoms with E-state index in [2.05, 4.69) is 33.2 Å². The summed E-state index contributed by atoms with van der Waals surface area (Å²) in [6.07, 6.45) is 3.59. The molecule has 148 valence electrons. The third-order valence-corrected chi connectivity index (χ3v) is 6.45.